The van der Waals surface area contributed by atoms with Crippen LogP contribution >= 0.6 is 11.6 Å². The van der Waals surface area contributed by atoms with Crippen molar-refractivity contribution in [2.45, 2.75) is 70.5 Å². The van der Waals surface area contributed by atoms with E-state index in [0.29, 0.717) is 10.6 Å². The molecule has 0 unspecified atom stereocenters. The van der Waals surface area contributed by atoms with E-state index in [-0.39, 0.29) is 43.9 Å². The molecule has 2 aliphatic rings. The predicted molar refractivity (Wildman–Crippen MR) is 152 cm³/mol. The van der Waals surface area contributed by atoms with Crippen molar-refractivity contribution in [2.24, 2.45) is 0 Å². The third kappa shape index (κ3) is 6.14. The normalized spacial score (nSPS) is 18.1. The minimum absolute atomic E-state index is 0. The molecule has 5 rings (SSSR count). The summed E-state index contributed by atoms with van der Waals surface area (Å²) in [6.45, 7) is 0. The van der Waals surface area contributed by atoms with Crippen molar-refractivity contribution in [3.63, 3.8) is 0 Å². The Morgan fingerprint density at radius 3 is 2.42 bits per heavy atom. The molecular formula is C30H33ClFN5O3. The zero-order chi connectivity index (χ0) is 27.4. The van der Waals surface area contributed by atoms with Crippen LogP contribution in [0.1, 0.15) is 64.0 Å². The van der Waals surface area contributed by atoms with Gasteiger partial charge in [-0.15, -0.1) is 0 Å². The number of nitrogens with one attached hydrogen (secondary N) is 1. The Hall–Kier alpha value is -3.85. The second-order valence-electron chi connectivity index (χ2n) is 9.82. The van der Waals surface area contributed by atoms with Crippen molar-refractivity contribution in [1.29, 1.82) is 0 Å². The second kappa shape index (κ2) is 13.0. The maximum Gasteiger partial charge on any atom is 0.251 e. The molecule has 2 heterocycles. The van der Waals surface area contributed by atoms with Crippen LogP contribution in [0.5, 0.6) is 0 Å². The fourth-order valence-electron chi connectivity index (χ4n) is 5.40. The highest BCUT2D eigenvalue weighted by molar-refractivity contribution is 6.31. The molecule has 1 aromatic heterocycles. The van der Waals surface area contributed by atoms with E-state index < -0.39 is 29.7 Å². The molecule has 1 aliphatic heterocycles. The molecule has 2 aromatic carbocycles. The first-order valence-electron chi connectivity index (χ1n) is 13.2. The molecule has 210 valence electrons. The number of benzene rings is 2. The van der Waals surface area contributed by atoms with Crippen molar-refractivity contribution >= 4 is 41.0 Å². The number of nitrogens with zero attached hydrogens (tertiary/aromatic N) is 4. The number of rotatable bonds is 7. The molecule has 10 heteroatoms. The van der Waals surface area contributed by atoms with Crippen LogP contribution in [0.3, 0.4) is 0 Å². The van der Waals surface area contributed by atoms with Gasteiger partial charge in [0.1, 0.15) is 17.9 Å². The molecule has 0 radical (unpaired) electrons. The molecule has 40 heavy (non-hydrogen) atoms. The standard InChI is InChI=1S/C29H29ClFN5O3.CH4/c30-23-13-5-4-12-22(23)26(27(38)34-20-9-2-1-3-10-20)35(21-11-6-8-19(31)18-21)28(39)24-14-15-25(37)36(24)29-32-16-7-17-33-29;/h4-8,11-13,16-18,20,24,26H,1-3,9-10,14-15H2,(H,34,38);1H4/t24-,26+;/m0./s1. The summed E-state index contributed by atoms with van der Waals surface area (Å²) in [7, 11) is 0. The lowest BCUT2D eigenvalue weighted by molar-refractivity contribution is -0.128. The lowest BCUT2D eigenvalue weighted by atomic mass is 9.94. The van der Waals surface area contributed by atoms with E-state index in [2.05, 4.69) is 15.3 Å². The van der Waals surface area contributed by atoms with Gasteiger partial charge in [-0.2, -0.15) is 0 Å². The minimum Gasteiger partial charge on any atom is -0.351 e. The molecule has 1 saturated carbocycles. The summed E-state index contributed by atoms with van der Waals surface area (Å²) in [6.07, 6.45) is 8.08. The van der Waals surface area contributed by atoms with E-state index in [4.69, 9.17) is 11.6 Å². The van der Waals surface area contributed by atoms with Crippen LogP contribution in [0, 0.1) is 5.82 Å². The molecule has 0 bridgehead atoms. The summed E-state index contributed by atoms with van der Waals surface area (Å²) >= 11 is 6.60. The number of hydrogen-bond donors (Lipinski definition) is 1. The van der Waals surface area contributed by atoms with E-state index in [1.54, 1.807) is 36.4 Å². The van der Waals surface area contributed by atoms with Gasteiger partial charge >= 0.3 is 0 Å². The number of halogens is 2. The van der Waals surface area contributed by atoms with Crippen LogP contribution in [0.2, 0.25) is 5.02 Å². The van der Waals surface area contributed by atoms with Crippen LogP contribution in [0.15, 0.2) is 67.0 Å². The van der Waals surface area contributed by atoms with Gasteiger partial charge in [0.25, 0.3) is 5.91 Å². The smallest absolute Gasteiger partial charge is 0.251 e. The summed E-state index contributed by atoms with van der Waals surface area (Å²) in [5.41, 5.74) is 0.578. The quantitative estimate of drug-likeness (QED) is 0.401. The van der Waals surface area contributed by atoms with Gasteiger partial charge in [-0.1, -0.05) is 62.6 Å². The average Bonchev–Trinajstić information content (AvgIpc) is 3.34. The Bertz CT molecular complexity index is 1350. The summed E-state index contributed by atoms with van der Waals surface area (Å²) in [6, 6.07) is 11.7. The molecule has 8 nitrogen and oxygen atoms in total. The number of hydrogen-bond acceptors (Lipinski definition) is 5. The zero-order valence-electron chi connectivity index (χ0n) is 21.3. The van der Waals surface area contributed by atoms with Gasteiger partial charge in [0.15, 0.2) is 0 Å². The zero-order valence-corrected chi connectivity index (χ0v) is 22.1. The molecule has 2 atom stereocenters. The van der Waals surface area contributed by atoms with Crippen molar-refractivity contribution in [1.82, 2.24) is 15.3 Å². The predicted octanol–water partition coefficient (Wildman–Crippen LogP) is 5.62. The molecule has 1 aliphatic carbocycles. The third-order valence-electron chi connectivity index (χ3n) is 7.25. The fourth-order valence-corrected chi connectivity index (χ4v) is 5.63. The second-order valence-corrected chi connectivity index (χ2v) is 10.2. The van der Waals surface area contributed by atoms with Crippen LogP contribution in [0.25, 0.3) is 0 Å². The molecule has 3 amide bonds. The van der Waals surface area contributed by atoms with Crippen LogP contribution < -0.4 is 15.1 Å². The van der Waals surface area contributed by atoms with E-state index >= 15 is 0 Å². The first kappa shape index (κ1) is 29.1. The topological polar surface area (TPSA) is 95.5 Å². The van der Waals surface area contributed by atoms with Crippen molar-refractivity contribution in [3.8, 4) is 0 Å². The summed E-state index contributed by atoms with van der Waals surface area (Å²) in [4.78, 5) is 52.3. The first-order valence-corrected chi connectivity index (χ1v) is 13.5. The number of aromatic nitrogens is 2. The van der Waals surface area contributed by atoms with E-state index in [1.807, 2.05) is 0 Å². The molecule has 2 fully saturated rings. The summed E-state index contributed by atoms with van der Waals surface area (Å²) in [5.74, 6) is -1.75. The third-order valence-corrected chi connectivity index (χ3v) is 7.59. The lowest BCUT2D eigenvalue weighted by Crippen LogP contribution is -2.53. The molecular weight excluding hydrogens is 533 g/mol. The molecule has 3 aromatic rings. The van der Waals surface area contributed by atoms with Gasteiger partial charge in [0, 0.05) is 41.1 Å². The van der Waals surface area contributed by atoms with Crippen molar-refractivity contribution in [3.05, 3.63) is 83.4 Å². The fraction of sp³-hybridized carbons (Fsp3) is 0.367. The van der Waals surface area contributed by atoms with Gasteiger partial charge in [-0.25, -0.2) is 14.4 Å². The monoisotopic (exact) mass is 565 g/mol. The van der Waals surface area contributed by atoms with Gasteiger partial charge in [0.05, 0.1) is 0 Å². The molecule has 1 saturated heterocycles. The average molecular weight is 566 g/mol. The Kier molecular flexibility index (Phi) is 9.47. The van der Waals surface area contributed by atoms with Crippen molar-refractivity contribution in [2.75, 3.05) is 9.80 Å². The van der Waals surface area contributed by atoms with E-state index in [0.717, 1.165) is 32.1 Å². The lowest BCUT2D eigenvalue weighted by Gasteiger charge is -2.36. The number of carbonyl (C=O) groups is 3. The van der Waals surface area contributed by atoms with E-state index in [9.17, 15) is 18.8 Å². The SMILES string of the molecule is C.O=C(NC1CCCCC1)[C@@H](c1ccccc1Cl)N(C(=O)[C@@H]1CCC(=O)N1c1ncccn1)c1cccc(F)c1. The Morgan fingerprint density at radius 1 is 1.00 bits per heavy atom. The van der Waals surface area contributed by atoms with Gasteiger partial charge in [-0.3, -0.25) is 24.2 Å². The highest BCUT2D eigenvalue weighted by Gasteiger charge is 2.45. The Balaban J connectivity index is 0.00000370. The van der Waals surface area contributed by atoms with E-state index in [1.165, 1.54) is 40.4 Å². The maximum atomic E-state index is 14.5. The highest BCUT2D eigenvalue weighted by atomic mass is 35.5. The number of carbonyl (C=O) groups excluding carboxylic acids is 3. The van der Waals surface area contributed by atoms with Gasteiger partial charge in [0.2, 0.25) is 17.8 Å². The van der Waals surface area contributed by atoms with Crippen molar-refractivity contribution < 1.29 is 18.8 Å². The van der Waals surface area contributed by atoms with Gasteiger partial charge in [-0.05, 0) is 49.6 Å². The maximum absolute atomic E-state index is 14.5. The van der Waals surface area contributed by atoms with Crippen LogP contribution in [-0.4, -0.2) is 39.8 Å². The summed E-state index contributed by atoms with van der Waals surface area (Å²) in [5, 5.41) is 3.41. The Labute approximate surface area is 238 Å². The van der Waals surface area contributed by atoms with Gasteiger partial charge < -0.3 is 5.32 Å². The number of amides is 3. The minimum atomic E-state index is -1.20. The largest absolute Gasteiger partial charge is 0.351 e. The molecule has 1 N–H and O–H groups in total. The Morgan fingerprint density at radius 2 is 1.73 bits per heavy atom. The first-order chi connectivity index (χ1) is 18.9. The van der Waals surface area contributed by atoms with Crippen LogP contribution in [-0.2, 0) is 14.4 Å². The molecule has 0 spiro atoms. The summed E-state index contributed by atoms with van der Waals surface area (Å²) < 4.78 is 14.5. The highest BCUT2D eigenvalue weighted by Crippen LogP contribution is 2.36. The number of anilines is 2. The van der Waals surface area contributed by atoms with Crippen LogP contribution in [0.4, 0.5) is 16.0 Å².